The van der Waals surface area contributed by atoms with Crippen molar-refractivity contribution in [2.24, 2.45) is 0 Å². The Morgan fingerprint density at radius 2 is 1.83 bits per heavy atom. The highest BCUT2D eigenvalue weighted by Gasteiger charge is 2.13. The Labute approximate surface area is 117 Å². The van der Waals surface area contributed by atoms with Crippen molar-refractivity contribution < 1.29 is 14.0 Å². The average Bonchev–Trinajstić information content (AvgIpc) is 2.75. The van der Waals surface area contributed by atoms with Crippen LogP contribution >= 0.6 is 35.0 Å². The van der Waals surface area contributed by atoms with Gasteiger partial charge in [-0.05, 0) is 42.1 Å². The molecule has 0 saturated carbocycles. The third-order valence-electron chi connectivity index (χ3n) is 1.99. The number of halogens is 2. The fourth-order valence-electron chi connectivity index (χ4n) is 1.27. The van der Waals surface area contributed by atoms with Crippen LogP contribution in [0.1, 0.15) is 21.1 Å². The number of hydrogen-bond acceptors (Lipinski definition) is 4. The number of thioether (sulfide) groups is 1. The van der Waals surface area contributed by atoms with E-state index in [1.165, 1.54) is 12.1 Å². The summed E-state index contributed by atoms with van der Waals surface area (Å²) in [6.07, 6.45) is 0.539. The molecular weight excluding hydrogens is 295 g/mol. The lowest BCUT2D eigenvalue weighted by Gasteiger charge is -2.00. The fourth-order valence-corrected chi connectivity index (χ4v) is 2.72. The van der Waals surface area contributed by atoms with E-state index >= 15 is 0 Å². The van der Waals surface area contributed by atoms with Gasteiger partial charge in [0.15, 0.2) is 17.8 Å². The van der Waals surface area contributed by atoms with Gasteiger partial charge in [0.1, 0.15) is 0 Å². The molecule has 0 aliphatic carbocycles. The molecule has 18 heavy (non-hydrogen) atoms. The van der Waals surface area contributed by atoms with E-state index in [0.29, 0.717) is 21.2 Å². The number of carbonyl (C=O) groups is 2. The third-order valence-corrected chi connectivity index (χ3v) is 3.29. The second-order valence-corrected chi connectivity index (χ2v) is 5.23. The van der Waals surface area contributed by atoms with E-state index < -0.39 is 0 Å². The van der Waals surface area contributed by atoms with Gasteiger partial charge in [0, 0.05) is 14.9 Å². The summed E-state index contributed by atoms with van der Waals surface area (Å²) in [6.45, 7) is 0. The number of hydrogen-bond donors (Lipinski definition) is 0. The first-order valence-electron chi connectivity index (χ1n) is 4.82. The molecule has 0 amide bonds. The molecule has 1 aromatic carbocycles. The SMILES string of the molecule is O=Cc1ccc(C(=O)Sc2cc(Cl)cc(Cl)c2)o1. The van der Waals surface area contributed by atoms with E-state index in [9.17, 15) is 9.59 Å². The lowest BCUT2D eigenvalue weighted by Crippen LogP contribution is -1.90. The molecule has 6 heteroatoms. The van der Waals surface area contributed by atoms with E-state index in [0.717, 1.165) is 11.8 Å². The minimum absolute atomic E-state index is 0.109. The van der Waals surface area contributed by atoms with Crippen molar-refractivity contribution in [2.45, 2.75) is 4.90 Å². The van der Waals surface area contributed by atoms with Crippen molar-refractivity contribution in [3.8, 4) is 0 Å². The van der Waals surface area contributed by atoms with Gasteiger partial charge in [0.05, 0.1) is 0 Å². The van der Waals surface area contributed by atoms with Gasteiger partial charge in [-0.2, -0.15) is 0 Å². The first-order valence-corrected chi connectivity index (χ1v) is 6.39. The fraction of sp³-hybridized carbons (Fsp3) is 0. The molecule has 0 radical (unpaired) electrons. The van der Waals surface area contributed by atoms with Crippen LogP contribution in [0.5, 0.6) is 0 Å². The molecule has 92 valence electrons. The minimum Gasteiger partial charge on any atom is -0.449 e. The minimum atomic E-state index is -0.318. The molecule has 1 aromatic heterocycles. The summed E-state index contributed by atoms with van der Waals surface area (Å²) in [5.41, 5.74) is 0. The van der Waals surface area contributed by atoms with E-state index in [4.69, 9.17) is 27.6 Å². The molecule has 0 aliphatic rings. The van der Waals surface area contributed by atoms with Gasteiger partial charge in [-0.3, -0.25) is 9.59 Å². The van der Waals surface area contributed by atoms with Gasteiger partial charge >= 0.3 is 0 Å². The van der Waals surface area contributed by atoms with Crippen LogP contribution in [0.4, 0.5) is 0 Å². The van der Waals surface area contributed by atoms with Gasteiger partial charge in [-0.15, -0.1) is 0 Å². The van der Waals surface area contributed by atoms with Crippen molar-refractivity contribution in [2.75, 3.05) is 0 Å². The van der Waals surface area contributed by atoms with Crippen LogP contribution in [0.3, 0.4) is 0 Å². The third kappa shape index (κ3) is 3.16. The first kappa shape index (κ1) is 13.2. The smallest absolute Gasteiger partial charge is 0.259 e. The molecular formula is C12H6Cl2O3S. The zero-order valence-corrected chi connectivity index (χ0v) is 11.2. The van der Waals surface area contributed by atoms with Gasteiger partial charge < -0.3 is 4.42 Å². The summed E-state index contributed by atoms with van der Waals surface area (Å²) in [5.74, 6) is 0.223. The Morgan fingerprint density at radius 1 is 1.17 bits per heavy atom. The van der Waals surface area contributed by atoms with E-state index in [-0.39, 0.29) is 16.6 Å². The van der Waals surface area contributed by atoms with E-state index in [2.05, 4.69) is 0 Å². The average molecular weight is 301 g/mol. The van der Waals surface area contributed by atoms with Crippen molar-refractivity contribution >= 4 is 46.4 Å². The summed E-state index contributed by atoms with van der Waals surface area (Å²) < 4.78 is 5.02. The predicted molar refractivity (Wildman–Crippen MR) is 70.7 cm³/mol. The highest BCUT2D eigenvalue weighted by molar-refractivity contribution is 8.14. The van der Waals surface area contributed by atoms with Gasteiger partial charge in [-0.25, -0.2) is 0 Å². The summed E-state index contributed by atoms with van der Waals surface area (Å²) >= 11 is 12.6. The Morgan fingerprint density at radius 3 is 2.39 bits per heavy atom. The standard InChI is InChI=1S/C12H6Cl2O3S/c13-7-3-8(14)5-10(4-7)18-12(16)11-2-1-9(6-15)17-11/h1-6H. The number of aldehydes is 1. The Bertz CT molecular complexity index is 587. The quantitative estimate of drug-likeness (QED) is 0.625. The number of carbonyl (C=O) groups excluding carboxylic acids is 2. The summed E-state index contributed by atoms with van der Waals surface area (Å²) in [5, 5.41) is 0.582. The van der Waals surface area contributed by atoms with Crippen LogP contribution in [0.2, 0.25) is 10.0 Å². The lowest BCUT2D eigenvalue weighted by molar-refractivity contribution is 0.105. The zero-order chi connectivity index (χ0) is 13.1. The first-order chi connectivity index (χ1) is 8.58. The number of rotatable bonds is 3. The monoisotopic (exact) mass is 300 g/mol. The van der Waals surface area contributed by atoms with Gasteiger partial charge in [0.2, 0.25) is 0 Å². The Balaban J connectivity index is 2.18. The highest BCUT2D eigenvalue weighted by atomic mass is 35.5. The molecule has 0 atom stereocenters. The van der Waals surface area contributed by atoms with Crippen molar-refractivity contribution in [1.82, 2.24) is 0 Å². The van der Waals surface area contributed by atoms with E-state index in [1.54, 1.807) is 18.2 Å². The number of furan rings is 1. The van der Waals surface area contributed by atoms with Crippen molar-refractivity contribution in [3.05, 3.63) is 51.9 Å². The summed E-state index contributed by atoms with van der Waals surface area (Å²) in [6, 6.07) is 7.71. The summed E-state index contributed by atoms with van der Waals surface area (Å²) in [7, 11) is 0. The molecule has 0 unspecified atom stereocenters. The van der Waals surface area contributed by atoms with Crippen LogP contribution in [0, 0.1) is 0 Å². The largest absolute Gasteiger partial charge is 0.449 e. The van der Waals surface area contributed by atoms with Crippen LogP contribution in [0.25, 0.3) is 0 Å². The molecule has 3 nitrogen and oxygen atoms in total. The van der Waals surface area contributed by atoms with Crippen LogP contribution in [0.15, 0.2) is 39.6 Å². The summed E-state index contributed by atoms with van der Waals surface area (Å²) in [4.78, 5) is 22.9. The molecule has 0 aliphatic heterocycles. The molecule has 2 aromatic rings. The molecule has 0 fully saturated rings. The Hall–Kier alpha value is -1.23. The molecule has 0 N–H and O–H groups in total. The predicted octanol–water partition coefficient (Wildman–Crippen LogP) is 4.33. The normalized spacial score (nSPS) is 10.3. The molecule has 0 bridgehead atoms. The lowest BCUT2D eigenvalue weighted by atomic mass is 10.4. The number of benzene rings is 1. The Kier molecular flexibility index (Phi) is 4.11. The second kappa shape index (κ2) is 5.61. The van der Waals surface area contributed by atoms with Gasteiger partial charge in [-0.1, -0.05) is 23.2 Å². The molecule has 0 spiro atoms. The molecule has 0 saturated heterocycles. The van der Waals surface area contributed by atoms with Crippen LogP contribution in [-0.4, -0.2) is 11.4 Å². The molecule has 2 rings (SSSR count). The van der Waals surface area contributed by atoms with Crippen LogP contribution in [-0.2, 0) is 0 Å². The van der Waals surface area contributed by atoms with Crippen molar-refractivity contribution in [1.29, 1.82) is 0 Å². The maximum atomic E-state index is 11.8. The topological polar surface area (TPSA) is 47.3 Å². The maximum absolute atomic E-state index is 11.8. The van der Waals surface area contributed by atoms with Crippen LogP contribution < -0.4 is 0 Å². The van der Waals surface area contributed by atoms with Gasteiger partial charge in [0.25, 0.3) is 5.12 Å². The second-order valence-electron chi connectivity index (χ2n) is 3.31. The van der Waals surface area contributed by atoms with Crippen molar-refractivity contribution in [3.63, 3.8) is 0 Å². The zero-order valence-electron chi connectivity index (χ0n) is 8.85. The maximum Gasteiger partial charge on any atom is 0.259 e. The highest BCUT2D eigenvalue weighted by Crippen LogP contribution is 2.29. The van der Waals surface area contributed by atoms with E-state index in [1.807, 2.05) is 0 Å². The molecule has 1 heterocycles.